The Morgan fingerprint density at radius 2 is 2.00 bits per heavy atom. The van der Waals surface area contributed by atoms with Gasteiger partial charge in [-0.25, -0.2) is 0 Å². The van der Waals surface area contributed by atoms with Gasteiger partial charge in [-0.1, -0.05) is 12.1 Å². The van der Waals surface area contributed by atoms with Crippen LogP contribution in [0.3, 0.4) is 0 Å². The van der Waals surface area contributed by atoms with Crippen molar-refractivity contribution >= 4 is 28.9 Å². The molecule has 3 rings (SSSR count). The second kappa shape index (κ2) is 8.96. The van der Waals surface area contributed by atoms with E-state index in [-0.39, 0.29) is 11.0 Å². The first-order valence-corrected chi connectivity index (χ1v) is 10.1. The normalized spacial score (nSPS) is 11.9. The van der Waals surface area contributed by atoms with E-state index < -0.39 is 0 Å². The van der Waals surface area contributed by atoms with Crippen LogP contribution >= 0.6 is 23.1 Å². The molecular weight excluding hydrogens is 368 g/mol. The van der Waals surface area contributed by atoms with Gasteiger partial charge < -0.3 is 13.9 Å². The zero-order valence-electron chi connectivity index (χ0n) is 14.6. The first-order chi connectivity index (χ1) is 12.7. The molecule has 6 heteroatoms. The van der Waals surface area contributed by atoms with Crippen molar-refractivity contribution in [2.75, 3.05) is 14.2 Å². The average Bonchev–Trinajstić information content (AvgIpc) is 3.38. The predicted octanol–water partition coefficient (Wildman–Crippen LogP) is 5.61. The number of hydrogen-bond donors (Lipinski definition) is 0. The van der Waals surface area contributed by atoms with Gasteiger partial charge in [0.05, 0.1) is 31.1 Å². The molecule has 26 heavy (non-hydrogen) atoms. The second-order valence-corrected chi connectivity index (χ2v) is 7.74. The van der Waals surface area contributed by atoms with Crippen LogP contribution in [0.1, 0.15) is 32.7 Å². The minimum atomic E-state index is -0.00509. The van der Waals surface area contributed by atoms with Gasteiger partial charge in [0.25, 0.3) is 0 Å². The van der Waals surface area contributed by atoms with E-state index in [2.05, 4.69) is 0 Å². The van der Waals surface area contributed by atoms with Crippen molar-refractivity contribution in [1.82, 2.24) is 0 Å². The van der Waals surface area contributed by atoms with Crippen molar-refractivity contribution in [3.63, 3.8) is 0 Å². The highest BCUT2D eigenvalue weighted by atomic mass is 32.2. The molecule has 3 aromatic rings. The summed E-state index contributed by atoms with van der Waals surface area (Å²) in [7, 11) is 3.23. The zero-order chi connectivity index (χ0) is 18.4. The molecule has 0 N–H and O–H groups in total. The molecule has 0 saturated carbocycles. The van der Waals surface area contributed by atoms with Crippen LogP contribution in [0.4, 0.5) is 0 Å². The lowest BCUT2D eigenvalue weighted by molar-refractivity contribution is 0.0986. The molecule has 4 nitrogen and oxygen atoms in total. The summed E-state index contributed by atoms with van der Waals surface area (Å²) in [6.07, 6.45) is 2.08. The predicted molar refractivity (Wildman–Crippen MR) is 106 cm³/mol. The molecule has 0 unspecified atom stereocenters. The fourth-order valence-corrected chi connectivity index (χ4v) is 4.42. The van der Waals surface area contributed by atoms with Crippen LogP contribution in [0.25, 0.3) is 0 Å². The van der Waals surface area contributed by atoms with E-state index in [9.17, 15) is 4.79 Å². The standard InChI is InChI=1S/C20H20O4S2/c1-22-17-8-7-14(11-18(17)23-2)20(26-13-15-5-3-9-24-15)12-16(21)19-6-4-10-25-19/h3-11,20H,12-13H2,1-2H3/t20-/m0/s1. The van der Waals surface area contributed by atoms with Crippen molar-refractivity contribution in [3.8, 4) is 11.5 Å². The maximum atomic E-state index is 12.6. The topological polar surface area (TPSA) is 48.7 Å². The molecule has 1 aromatic carbocycles. The van der Waals surface area contributed by atoms with E-state index in [1.807, 2.05) is 47.8 Å². The van der Waals surface area contributed by atoms with Crippen LogP contribution in [0.5, 0.6) is 11.5 Å². The molecule has 0 amide bonds. The zero-order valence-corrected chi connectivity index (χ0v) is 16.3. The molecule has 136 valence electrons. The van der Waals surface area contributed by atoms with Crippen LogP contribution in [0, 0.1) is 0 Å². The Bertz CT molecular complexity index is 826. The van der Waals surface area contributed by atoms with E-state index in [1.54, 1.807) is 32.2 Å². The average molecular weight is 389 g/mol. The van der Waals surface area contributed by atoms with E-state index in [1.165, 1.54) is 11.3 Å². The molecule has 0 bridgehead atoms. The summed E-state index contributed by atoms with van der Waals surface area (Å²) in [6.45, 7) is 0. The van der Waals surface area contributed by atoms with Crippen molar-refractivity contribution in [2.24, 2.45) is 0 Å². The Balaban J connectivity index is 1.82. The number of ether oxygens (including phenoxy) is 2. The summed E-state index contributed by atoms with van der Waals surface area (Å²) in [5.74, 6) is 3.08. The Kier molecular flexibility index (Phi) is 6.41. The molecule has 0 fully saturated rings. The molecule has 0 saturated heterocycles. The van der Waals surface area contributed by atoms with Crippen LogP contribution in [0.15, 0.2) is 58.5 Å². The summed E-state index contributed by atoms with van der Waals surface area (Å²) in [4.78, 5) is 13.4. The number of thiophene rings is 1. The molecular formula is C20H20O4S2. The van der Waals surface area contributed by atoms with E-state index >= 15 is 0 Å². The van der Waals surface area contributed by atoms with Gasteiger partial charge in [0.2, 0.25) is 0 Å². The number of hydrogen-bond acceptors (Lipinski definition) is 6. The molecule has 1 atom stereocenters. The van der Waals surface area contributed by atoms with Crippen LogP contribution in [0.2, 0.25) is 0 Å². The minimum absolute atomic E-state index is 0.00509. The molecule has 0 aliphatic heterocycles. The summed E-state index contributed by atoms with van der Waals surface area (Å²) in [6, 6.07) is 13.4. The Morgan fingerprint density at radius 3 is 2.65 bits per heavy atom. The third-order valence-electron chi connectivity index (χ3n) is 3.95. The van der Waals surface area contributed by atoms with Gasteiger partial charge in [0, 0.05) is 11.7 Å². The first kappa shape index (κ1) is 18.6. The van der Waals surface area contributed by atoms with E-state index in [0.717, 1.165) is 16.2 Å². The largest absolute Gasteiger partial charge is 0.493 e. The molecule has 2 heterocycles. The van der Waals surface area contributed by atoms with Gasteiger partial charge in [-0.15, -0.1) is 23.1 Å². The fraction of sp³-hybridized carbons (Fsp3) is 0.250. The van der Waals surface area contributed by atoms with Crippen LogP contribution in [-0.4, -0.2) is 20.0 Å². The van der Waals surface area contributed by atoms with Gasteiger partial charge in [-0.2, -0.15) is 0 Å². The molecule has 0 radical (unpaired) electrons. The minimum Gasteiger partial charge on any atom is -0.493 e. The number of carbonyl (C=O) groups excluding carboxylic acids is 1. The fourth-order valence-electron chi connectivity index (χ4n) is 2.61. The summed E-state index contributed by atoms with van der Waals surface area (Å²) in [5.41, 5.74) is 1.03. The third kappa shape index (κ3) is 4.51. The van der Waals surface area contributed by atoms with Crippen molar-refractivity contribution in [3.05, 3.63) is 70.3 Å². The Morgan fingerprint density at radius 1 is 1.15 bits per heavy atom. The lowest BCUT2D eigenvalue weighted by Crippen LogP contribution is -2.05. The maximum absolute atomic E-state index is 12.6. The smallest absolute Gasteiger partial charge is 0.174 e. The summed E-state index contributed by atoms with van der Waals surface area (Å²) in [5, 5.41) is 1.92. The monoisotopic (exact) mass is 388 g/mol. The van der Waals surface area contributed by atoms with Crippen molar-refractivity contribution < 1.29 is 18.7 Å². The molecule has 0 aliphatic carbocycles. The molecule has 0 aliphatic rings. The number of rotatable bonds is 9. The van der Waals surface area contributed by atoms with E-state index in [4.69, 9.17) is 13.9 Å². The lowest BCUT2D eigenvalue weighted by atomic mass is 10.1. The number of thioether (sulfide) groups is 1. The summed E-state index contributed by atoms with van der Waals surface area (Å²) >= 11 is 3.16. The lowest BCUT2D eigenvalue weighted by Gasteiger charge is -2.18. The van der Waals surface area contributed by atoms with Gasteiger partial charge in [0.15, 0.2) is 17.3 Å². The number of Topliss-reactive ketones (excluding diaryl/α,β-unsaturated/α-hetero) is 1. The highest BCUT2D eigenvalue weighted by Gasteiger charge is 2.20. The number of benzene rings is 1. The quantitative estimate of drug-likeness (QED) is 0.446. The summed E-state index contributed by atoms with van der Waals surface area (Å²) < 4.78 is 16.2. The van der Waals surface area contributed by atoms with Gasteiger partial charge in [-0.05, 0) is 41.3 Å². The van der Waals surface area contributed by atoms with Gasteiger partial charge in [0.1, 0.15) is 5.76 Å². The maximum Gasteiger partial charge on any atom is 0.174 e. The highest BCUT2D eigenvalue weighted by Crippen LogP contribution is 2.39. The Hall–Kier alpha value is -2.18. The van der Waals surface area contributed by atoms with E-state index in [0.29, 0.717) is 23.7 Å². The number of methoxy groups -OCH3 is 2. The highest BCUT2D eigenvalue weighted by molar-refractivity contribution is 7.98. The van der Waals surface area contributed by atoms with Crippen LogP contribution in [-0.2, 0) is 5.75 Å². The van der Waals surface area contributed by atoms with Gasteiger partial charge >= 0.3 is 0 Å². The van der Waals surface area contributed by atoms with Gasteiger partial charge in [-0.3, -0.25) is 4.79 Å². The number of ketones is 1. The second-order valence-electron chi connectivity index (χ2n) is 5.60. The molecule has 0 spiro atoms. The van der Waals surface area contributed by atoms with Crippen molar-refractivity contribution in [2.45, 2.75) is 17.4 Å². The number of furan rings is 1. The first-order valence-electron chi connectivity index (χ1n) is 8.14. The van der Waals surface area contributed by atoms with Crippen molar-refractivity contribution in [1.29, 1.82) is 0 Å². The van der Waals surface area contributed by atoms with Crippen LogP contribution < -0.4 is 9.47 Å². The molecule has 2 aromatic heterocycles. The Labute approximate surface area is 161 Å². The SMILES string of the molecule is COc1ccc([C@H](CC(=O)c2cccs2)SCc2ccco2)cc1OC. The third-order valence-corrected chi connectivity index (χ3v) is 6.16. The number of carbonyl (C=O) groups is 1.